The molecule has 0 atom stereocenters. The third-order valence-corrected chi connectivity index (χ3v) is 4.64. The minimum Gasteiger partial charge on any atom is -0.352 e. The zero-order valence-corrected chi connectivity index (χ0v) is 16.7. The summed E-state index contributed by atoms with van der Waals surface area (Å²) in [6.45, 7) is 3.48. The minimum atomic E-state index is -0.197. The molecule has 6 heteroatoms. The van der Waals surface area contributed by atoms with Crippen LogP contribution in [0.2, 0.25) is 0 Å². The highest BCUT2D eigenvalue weighted by atomic mass is 19.1. The molecule has 0 bridgehead atoms. The Morgan fingerprint density at radius 2 is 1.62 bits per heavy atom. The smallest absolute Gasteiger partial charge is 0.250 e. The number of hydrogen-bond acceptors (Lipinski definition) is 2. The fourth-order valence-electron chi connectivity index (χ4n) is 2.96. The van der Waals surface area contributed by atoms with Crippen molar-refractivity contribution in [3.8, 4) is 0 Å². The van der Waals surface area contributed by atoms with Crippen molar-refractivity contribution in [1.29, 1.82) is 0 Å². The van der Waals surface area contributed by atoms with Crippen LogP contribution in [0, 0.1) is 12.7 Å². The molecule has 0 aliphatic carbocycles. The predicted octanol–water partition coefficient (Wildman–Crippen LogP) is 3.21. The second-order valence-corrected chi connectivity index (χ2v) is 6.85. The number of benzene rings is 2. The van der Waals surface area contributed by atoms with Crippen LogP contribution in [0.25, 0.3) is 0 Å². The molecule has 0 saturated heterocycles. The molecule has 2 aromatic carbocycles. The molecule has 3 aromatic rings. The minimum absolute atomic E-state index is 0.00975. The number of hydrogen-bond donors (Lipinski definition) is 2. The van der Waals surface area contributed by atoms with Gasteiger partial charge in [0.05, 0.1) is 6.54 Å². The van der Waals surface area contributed by atoms with Crippen molar-refractivity contribution in [2.24, 2.45) is 4.99 Å². The zero-order chi connectivity index (χ0) is 20.6. The van der Waals surface area contributed by atoms with E-state index in [0.717, 1.165) is 16.7 Å². The van der Waals surface area contributed by atoms with E-state index in [4.69, 9.17) is 0 Å². The number of pyridine rings is 1. The molecular weight excluding hydrogens is 367 g/mol. The number of aryl methyl sites for hydroxylation is 1. The summed E-state index contributed by atoms with van der Waals surface area (Å²) < 4.78 is 15.0. The fraction of sp³-hybridized carbons (Fsp3) is 0.217. The predicted molar refractivity (Wildman–Crippen MR) is 114 cm³/mol. The lowest BCUT2D eigenvalue weighted by atomic mass is 10.1. The molecule has 2 N–H and O–H groups in total. The highest BCUT2D eigenvalue weighted by molar-refractivity contribution is 5.79. The maximum absolute atomic E-state index is 13.4. The van der Waals surface area contributed by atoms with Crippen LogP contribution in [0.15, 0.2) is 76.6 Å². The summed E-state index contributed by atoms with van der Waals surface area (Å²) in [5.74, 6) is 0.476. The SMILES string of the molecule is CN=C(NCc1ccc(Cn2ccccc2=O)cc1)NCc1ccc(F)c(C)c1. The first-order valence-corrected chi connectivity index (χ1v) is 9.48. The van der Waals surface area contributed by atoms with Crippen molar-refractivity contribution in [3.63, 3.8) is 0 Å². The molecule has 150 valence electrons. The highest BCUT2D eigenvalue weighted by Crippen LogP contribution is 2.09. The van der Waals surface area contributed by atoms with E-state index in [-0.39, 0.29) is 11.4 Å². The standard InChI is InChI=1S/C23H25FN4O/c1-17-13-20(10-11-21(17)24)15-27-23(25-2)26-14-18-6-8-19(9-7-18)16-28-12-4-3-5-22(28)29/h3-13H,14-16H2,1-2H3,(H2,25,26,27). The number of guanidine groups is 1. The summed E-state index contributed by atoms with van der Waals surface area (Å²) in [5, 5.41) is 6.50. The second kappa shape index (κ2) is 9.68. The van der Waals surface area contributed by atoms with E-state index in [2.05, 4.69) is 15.6 Å². The van der Waals surface area contributed by atoms with Crippen molar-refractivity contribution < 1.29 is 4.39 Å². The van der Waals surface area contributed by atoms with E-state index in [1.54, 1.807) is 42.9 Å². The molecule has 0 spiro atoms. The van der Waals surface area contributed by atoms with Gasteiger partial charge in [-0.05, 0) is 41.3 Å². The molecule has 1 aromatic heterocycles. The number of nitrogens with one attached hydrogen (secondary N) is 2. The molecule has 0 aliphatic heterocycles. The van der Waals surface area contributed by atoms with Gasteiger partial charge in [-0.3, -0.25) is 9.79 Å². The maximum Gasteiger partial charge on any atom is 0.250 e. The molecule has 3 rings (SSSR count). The van der Waals surface area contributed by atoms with Gasteiger partial charge in [-0.25, -0.2) is 4.39 Å². The topological polar surface area (TPSA) is 58.4 Å². The Hall–Kier alpha value is -3.41. The molecule has 5 nitrogen and oxygen atoms in total. The average molecular weight is 392 g/mol. The Balaban J connectivity index is 1.52. The van der Waals surface area contributed by atoms with Crippen LogP contribution in [-0.4, -0.2) is 17.6 Å². The van der Waals surface area contributed by atoms with Gasteiger partial charge in [-0.15, -0.1) is 0 Å². The van der Waals surface area contributed by atoms with Gasteiger partial charge in [0.2, 0.25) is 0 Å². The summed E-state index contributed by atoms with van der Waals surface area (Å²) in [6, 6.07) is 18.3. The summed E-state index contributed by atoms with van der Waals surface area (Å²) >= 11 is 0. The van der Waals surface area contributed by atoms with Crippen LogP contribution < -0.4 is 16.2 Å². The van der Waals surface area contributed by atoms with Gasteiger partial charge in [-0.1, -0.05) is 42.5 Å². The van der Waals surface area contributed by atoms with E-state index in [1.165, 1.54) is 6.07 Å². The van der Waals surface area contributed by atoms with Gasteiger partial charge < -0.3 is 15.2 Å². The lowest BCUT2D eigenvalue weighted by Crippen LogP contribution is -2.36. The van der Waals surface area contributed by atoms with Crippen molar-refractivity contribution in [2.75, 3.05) is 7.05 Å². The third kappa shape index (κ3) is 5.78. The lowest BCUT2D eigenvalue weighted by Gasteiger charge is -2.13. The first kappa shape index (κ1) is 20.3. The fourth-order valence-corrected chi connectivity index (χ4v) is 2.96. The van der Waals surface area contributed by atoms with E-state index >= 15 is 0 Å². The van der Waals surface area contributed by atoms with Gasteiger partial charge in [0, 0.05) is 32.4 Å². The van der Waals surface area contributed by atoms with Crippen LogP contribution in [0.5, 0.6) is 0 Å². The van der Waals surface area contributed by atoms with Crippen molar-refractivity contribution in [2.45, 2.75) is 26.6 Å². The molecule has 0 aliphatic rings. The molecule has 1 heterocycles. The molecule has 0 amide bonds. The Morgan fingerprint density at radius 1 is 0.966 bits per heavy atom. The quantitative estimate of drug-likeness (QED) is 0.500. The summed E-state index contributed by atoms with van der Waals surface area (Å²) in [7, 11) is 1.71. The summed E-state index contributed by atoms with van der Waals surface area (Å²) in [4.78, 5) is 16.0. The summed E-state index contributed by atoms with van der Waals surface area (Å²) in [6.07, 6.45) is 1.79. The first-order chi connectivity index (χ1) is 14.0. The number of rotatable bonds is 6. The van der Waals surface area contributed by atoms with E-state index < -0.39 is 0 Å². The molecular formula is C23H25FN4O. The Morgan fingerprint density at radius 3 is 2.28 bits per heavy atom. The largest absolute Gasteiger partial charge is 0.352 e. The van der Waals surface area contributed by atoms with Gasteiger partial charge >= 0.3 is 0 Å². The Kier molecular flexibility index (Phi) is 6.79. The van der Waals surface area contributed by atoms with Crippen LogP contribution in [-0.2, 0) is 19.6 Å². The van der Waals surface area contributed by atoms with Crippen molar-refractivity contribution >= 4 is 5.96 Å². The van der Waals surface area contributed by atoms with E-state index in [1.807, 2.05) is 36.4 Å². The van der Waals surface area contributed by atoms with E-state index in [9.17, 15) is 9.18 Å². The van der Waals surface area contributed by atoms with Gasteiger partial charge in [0.1, 0.15) is 5.82 Å². The number of aromatic nitrogens is 1. The van der Waals surface area contributed by atoms with Crippen LogP contribution >= 0.6 is 0 Å². The Labute approximate surface area is 169 Å². The summed E-state index contributed by atoms with van der Waals surface area (Å²) in [5.41, 5.74) is 3.79. The third-order valence-electron chi connectivity index (χ3n) is 4.64. The molecule has 0 saturated carbocycles. The van der Waals surface area contributed by atoms with Crippen LogP contribution in [0.4, 0.5) is 4.39 Å². The zero-order valence-electron chi connectivity index (χ0n) is 16.7. The number of halogens is 1. The van der Waals surface area contributed by atoms with Crippen molar-refractivity contribution in [1.82, 2.24) is 15.2 Å². The van der Waals surface area contributed by atoms with E-state index in [0.29, 0.717) is 31.2 Å². The molecule has 0 fully saturated rings. The van der Waals surface area contributed by atoms with Crippen molar-refractivity contribution in [3.05, 3.63) is 105 Å². The monoisotopic (exact) mass is 392 g/mol. The first-order valence-electron chi connectivity index (χ1n) is 9.48. The lowest BCUT2D eigenvalue weighted by molar-refractivity contribution is 0.617. The average Bonchev–Trinajstić information content (AvgIpc) is 2.73. The van der Waals surface area contributed by atoms with Crippen LogP contribution in [0.1, 0.15) is 22.3 Å². The highest BCUT2D eigenvalue weighted by Gasteiger charge is 2.03. The number of nitrogens with zero attached hydrogens (tertiary/aromatic N) is 2. The van der Waals surface area contributed by atoms with Crippen LogP contribution in [0.3, 0.4) is 0 Å². The van der Waals surface area contributed by atoms with Gasteiger partial charge in [0.15, 0.2) is 5.96 Å². The second-order valence-electron chi connectivity index (χ2n) is 6.85. The van der Waals surface area contributed by atoms with Gasteiger partial charge in [-0.2, -0.15) is 0 Å². The Bertz CT molecular complexity index is 1040. The van der Waals surface area contributed by atoms with Gasteiger partial charge in [0.25, 0.3) is 5.56 Å². The molecule has 29 heavy (non-hydrogen) atoms. The molecule has 0 unspecified atom stereocenters. The normalized spacial score (nSPS) is 11.3. The number of aliphatic imine (C=N–C) groups is 1. The molecule has 0 radical (unpaired) electrons. The maximum atomic E-state index is 13.4.